The molecule has 20 heavy (non-hydrogen) atoms. The van der Waals surface area contributed by atoms with Gasteiger partial charge in [0.25, 0.3) is 0 Å². The second-order valence-electron chi connectivity index (χ2n) is 4.96. The molecular weight excluding hydrogens is 262 g/mol. The molecule has 2 aromatic rings. The first-order valence-corrected chi connectivity index (χ1v) is 6.46. The second-order valence-corrected chi connectivity index (χ2v) is 4.96. The lowest BCUT2D eigenvalue weighted by atomic mass is 9.96. The molecule has 0 spiro atoms. The van der Waals surface area contributed by atoms with Crippen molar-refractivity contribution in [2.45, 2.75) is 19.4 Å². The van der Waals surface area contributed by atoms with Crippen molar-refractivity contribution in [1.29, 1.82) is 0 Å². The number of ether oxygens (including phenoxy) is 1. The monoisotopic (exact) mass is 276 g/mol. The summed E-state index contributed by atoms with van der Waals surface area (Å²) in [5, 5.41) is 10.3. The van der Waals surface area contributed by atoms with E-state index >= 15 is 0 Å². The van der Waals surface area contributed by atoms with E-state index in [0.29, 0.717) is 17.7 Å². The van der Waals surface area contributed by atoms with Crippen molar-refractivity contribution in [3.63, 3.8) is 0 Å². The molecule has 1 atom stereocenters. The van der Waals surface area contributed by atoms with Crippen LogP contribution in [0.3, 0.4) is 0 Å². The van der Waals surface area contributed by atoms with Crippen LogP contribution < -0.4 is 4.74 Å². The number of aliphatic hydroxyl groups excluding tert-OH is 1. The highest BCUT2D eigenvalue weighted by Crippen LogP contribution is 2.33. The SMILES string of the molecule is Cc1ccc(F)c(C(O)c2ccc3c(c2)CCO3)c1F. The molecule has 0 radical (unpaired) electrons. The lowest BCUT2D eigenvalue weighted by Crippen LogP contribution is -2.07. The maximum Gasteiger partial charge on any atom is 0.135 e. The molecule has 2 aromatic carbocycles. The highest BCUT2D eigenvalue weighted by Gasteiger charge is 2.23. The maximum atomic E-state index is 14.0. The molecule has 4 heteroatoms. The van der Waals surface area contributed by atoms with Gasteiger partial charge in [-0.15, -0.1) is 0 Å². The number of halogens is 2. The molecule has 3 rings (SSSR count). The van der Waals surface area contributed by atoms with E-state index in [1.165, 1.54) is 12.1 Å². The summed E-state index contributed by atoms with van der Waals surface area (Å²) in [7, 11) is 0. The fourth-order valence-electron chi connectivity index (χ4n) is 2.47. The third-order valence-electron chi connectivity index (χ3n) is 3.62. The first-order chi connectivity index (χ1) is 9.58. The van der Waals surface area contributed by atoms with E-state index < -0.39 is 17.7 Å². The molecule has 1 aliphatic rings. The molecule has 0 aliphatic carbocycles. The molecule has 1 aliphatic heterocycles. The van der Waals surface area contributed by atoms with Crippen LogP contribution in [0.25, 0.3) is 0 Å². The average molecular weight is 276 g/mol. The molecule has 0 aromatic heterocycles. The van der Waals surface area contributed by atoms with Crippen LogP contribution in [0.15, 0.2) is 30.3 Å². The summed E-state index contributed by atoms with van der Waals surface area (Å²) in [4.78, 5) is 0. The Bertz CT molecular complexity index is 668. The van der Waals surface area contributed by atoms with Crippen LogP contribution in [0.1, 0.15) is 28.4 Å². The van der Waals surface area contributed by atoms with E-state index in [9.17, 15) is 13.9 Å². The number of hydrogen-bond acceptors (Lipinski definition) is 2. The molecule has 1 heterocycles. The van der Waals surface area contributed by atoms with Crippen molar-refractivity contribution < 1.29 is 18.6 Å². The minimum absolute atomic E-state index is 0.302. The third kappa shape index (κ3) is 2.06. The molecule has 0 amide bonds. The van der Waals surface area contributed by atoms with Gasteiger partial charge in [-0.05, 0) is 41.8 Å². The highest BCUT2D eigenvalue weighted by molar-refractivity contribution is 5.43. The summed E-state index contributed by atoms with van der Waals surface area (Å²) in [6, 6.07) is 7.64. The van der Waals surface area contributed by atoms with Crippen molar-refractivity contribution in [2.24, 2.45) is 0 Å². The van der Waals surface area contributed by atoms with Gasteiger partial charge < -0.3 is 9.84 Å². The van der Waals surface area contributed by atoms with Crippen LogP contribution >= 0.6 is 0 Å². The van der Waals surface area contributed by atoms with E-state index in [2.05, 4.69) is 0 Å². The van der Waals surface area contributed by atoms with Gasteiger partial charge in [-0.3, -0.25) is 0 Å². The normalized spacial score (nSPS) is 14.8. The smallest absolute Gasteiger partial charge is 0.135 e. The number of rotatable bonds is 2. The van der Waals surface area contributed by atoms with E-state index in [1.807, 2.05) is 0 Å². The van der Waals surface area contributed by atoms with Gasteiger partial charge in [0.2, 0.25) is 0 Å². The van der Waals surface area contributed by atoms with Crippen LogP contribution in [0.2, 0.25) is 0 Å². The number of benzene rings is 2. The van der Waals surface area contributed by atoms with Gasteiger partial charge in [-0.25, -0.2) is 8.78 Å². The zero-order valence-electron chi connectivity index (χ0n) is 11.0. The summed E-state index contributed by atoms with van der Waals surface area (Å²) < 4.78 is 33.2. The van der Waals surface area contributed by atoms with Gasteiger partial charge in [-0.2, -0.15) is 0 Å². The van der Waals surface area contributed by atoms with Crippen molar-refractivity contribution in [3.8, 4) is 5.75 Å². The Balaban J connectivity index is 2.05. The zero-order chi connectivity index (χ0) is 14.3. The Morgan fingerprint density at radius 3 is 2.80 bits per heavy atom. The minimum atomic E-state index is -1.32. The van der Waals surface area contributed by atoms with Crippen LogP contribution in [-0.4, -0.2) is 11.7 Å². The second kappa shape index (κ2) is 4.87. The molecule has 104 valence electrons. The fourth-order valence-corrected chi connectivity index (χ4v) is 2.47. The van der Waals surface area contributed by atoms with Crippen molar-refractivity contribution in [3.05, 3.63) is 64.2 Å². The quantitative estimate of drug-likeness (QED) is 0.912. The summed E-state index contributed by atoms with van der Waals surface area (Å²) in [6.07, 6.45) is -0.574. The lowest BCUT2D eigenvalue weighted by molar-refractivity contribution is 0.208. The largest absolute Gasteiger partial charge is 0.493 e. The van der Waals surface area contributed by atoms with Crippen LogP contribution in [0.5, 0.6) is 5.75 Å². The van der Waals surface area contributed by atoms with Gasteiger partial charge in [0.05, 0.1) is 12.2 Å². The molecule has 0 saturated carbocycles. The number of aryl methyl sites for hydroxylation is 1. The summed E-state index contributed by atoms with van der Waals surface area (Å²) in [5.74, 6) is -0.669. The summed E-state index contributed by atoms with van der Waals surface area (Å²) >= 11 is 0. The van der Waals surface area contributed by atoms with Gasteiger partial charge in [0.1, 0.15) is 23.5 Å². The van der Waals surface area contributed by atoms with Crippen LogP contribution in [-0.2, 0) is 6.42 Å². The van der Waals surface area contributed by atoms with E-state index in [4.69, 9.17) is 4.74 Å². The molecule has 0 bridgehead atoms. The molecule has 1 unspecified atom stereocenters. The molecule has 1 N–H and O–H groups in total. The molecule has 2 nitrogen and oxygen atoms in total. The predicted octanol–water partition coefficient (Wildman–Crippen LogP) is 3.29. The van der Waals surface area contributed by atoms with Crippen molar-refractivity contribution in [1.82, 2.24) is 0 Å². The standard InChI is InChI=1S/C16H14F2O2/c1-9-2-4-12(17)14(15(9)18)16(19)11-3-5-13-10(8-11)6-7-20-13/h2-5,8,16,19H,6-7H2,1H3. The first kappa shape index (κ1) is 13.1. The van der Waals surface area contributed by atoms with Crippen molar-refractivity contribution >= 4 is 0 Å². The van der Waals surface area contributed by atoms with Gasteiger partial charge in [0, 0.05) is 6.42 Å². The zero-order valence-corrected chi connectivity index (χ0v) is 11.0. The Kier molecular flexibility index (Phi) is 3.18. The fraction of sp³-hybridized carbons (Fsp3) is 0.250. The van der Waals surface area contributed by atoms with Gasteiger partial charge in [0.15, 0.2) is 0 Å². The topological polar surface area (TPSA) is 29.5 Å². The Morgan fingerprint density at radius 2 is 2.00 bits per heavy atom. The summed E-state index contributed by atoms with van der Waals surface area (Å²) in [6.45, 7) is 2.14. The average Bonchev–Trinajstić information content (AvgIpc) is 2.90. The molecular formula is C16H14F2O2. The van der Waals surface area contributed by atoms with E-state index in [1.54, 1.807) is 25.1 Å². The predicted molar refractivity (Wildman–Crippen MR) is 70.8 cm³/mol. The minimum Gasteiger partial charge on any atom is -0.493 e. The number of aliphatic hydroxyl groups is 1. The summed E-state index contributed by atoms with van der Waals surface area (Å²) in [5.41, 5.74) is 1.43. The molecule has 0 saturated heterocycles. The first-order valence-electron chi connectivity index (χ1n) is 6.46. The van der Waals surface area contributed by atoms with Gasteiger partial charge >= 0.3 is 0 Å². The maximum absolute atomic E-state index is 14.0. The van der Waals surface area contributed by atoms with Crippen LogP contribution in [0.4, 0.5) is 8.78 Å². The van der Waals surface area contributed by atoms with Crippen LogP contribution in [0, 0.1) is 18.6 Å². The van der Waals surface area contributed by atoms with E-state index in [-0.39, 0.29) is 5.56 Å². The Hall–Kier alpha value is -1.94. The number of fused-ring (bicyclic) bond motifs is 1. The third-order valence-corrected chi connectivity index (χ3v) is 3.62. The van der Waals surface area contributed by atoms with Crippen molar-refractivity contribution in [2.75, 3.05) is 6.61 Å². The number of hydrogen-bond donors (Lipinski definition) is 1. The Labute approximate surface area is 115 Å². The van der Waals surface area contributed by atoms with E-state index in [0.717, 1.165) is 17.7 Å². The lowest BCUT2D eigenvalue weighted by Gasteiger charge is -2.15. The van der Waals surface area contributed by atoms with Gasteiger partial charge in [-0.1, -0.05) is 12.1 Å². The highest BCUT2D eigenvalue weighted by atomic mass is 19.1. The Morgan fingerprint density at radius 1 is 1.20 bits per heavy atom. The molecule has 0 fully saturated rings.